The molecule has 0 saturated carbocycles. The van der Waals surface area contributed by atoms with Crippen LogP contribution < -0.4 is 0 Å². The summed E-state index contributed by atoms with van der Waals surface area (Å²) in [7, 11) is 0. The highest BCUT2D eigenvalue weighted by atomic mass is 79.9. The molecule has 0 atom stereocenters. The van der Waals surface area contributed by atoms with Crippen LogP contribution in [-0.2, 0) is 17.6 Å². The highest BCUT2D eigenvalue weighted by Crippen LogP contribution is 2.43. The first kappa shape index (κ1) is 10.8. The molecule has 0 aromatic heterocycles. The second-order valence-corrected chi connectivity index (χ2v) is 6.12. The Morgan fingerprint density at radius 2 is 1.88 bits per heavy atom. The van der Waals surface area contributed by atoms with Gasteiger partial charge in [-0.1, -0.05) is 22.0 Å². The van der Waals surface area contributed by atoms with Gasteiger partial charge in [0.25, 0.3) is 0 Å². The summed E-state index contributed by atoms with van der Waals surface area (Å²) >= 11 is 3.58. The molecule has 1 nitrogen and oxygen atoms in total. The predicted octanol–water partition coefficient (Wildman–Crippen LogP) is 3.73. The summed E-state index contributed by atoms with van der Waals surface area (Å²) in [5.41, 5.74) is 3.66. The van der Waals surface area contributed by atoms with E-state index in [0.717, 1.165) is 13.2 Å². The summed E-state index contributed by atoms with van der Waals surface area (Å²) in [4.78, 5) is 0. The molecule has 2 heteroatoms. The molecule has 1 aromatic rings. The zero-order valence-electron chi connectivity index (χ0n) is 9.47. The number of hydrogen-bond acceptors (Lipinski definition) is 1. The van der Waals surface area contributed by atoms with Gasteiger partial charge in [0.2, 0.25) is 0 Å². The summed E-state index contributed by atoms with van der Waals surface area (Å²) < 4.78 is 6.72. The van der Waals surface area contributed by atoms with Gasteiger partial charge in [-0.05, 0) is 60.8 Å². The molecule has 1 fully saturated rings. The Hall–Kier alpha value is -0.340. The average molecular weight is 281 g/mol. The quantitative estimate of drug-likeness (QED) is 0.704. The molecule has 1 aromatic carbocycles. The molecule has 1 saturated heterocycles. The lowest BCUT2D eigenvalue weighted by molar-refractivity contribution is 0.00753. The second kappa shape index (κ2) is 4.15. The average Bonchev–Trinajstić information content (AvgIpc) is 2.29. The maximum atomic E-state index is 5.50. The van der Waals surface area contributed by atoms with Crippen LogP contribution in [0.5, 0.6) is 0 Å². The van der Waals surface area contributed by atoms with Crippen LogP contribution >= 0.6 is 15.9 Å². The number of rotatable bonds is 0. The van der Waals surface area contributed by atoms with Gasteiger partial charge in [-0.2, -0.15) is 0 Å². The van der Waals surface area contributed by atoms with E-state index in [1.165, 1.54) is 36.6 Å². The van der Waals surface area contributed by atoms with Gasteiger partial charge < -0.3 is 4.74 Å². The number of ether oxygens (including phenoxy) is 1. The molecule has 0 amide bonds. The molecule has 0 bridgehead atoms. The topological polar surface area (TPSA) is 9.23 Å². The van der Waals surface area contributed by atoms with Crippen LogP contribution in [0.3, 0.4) is 0 Å². The van der Waals surface area contributed by atoms with E-state index in [9.17, 15) is 0 Å². The van der Waals surface area contributed by atoms with Crippen molar-refractivity contribution in [1.82, 2.24) is 0 Å². The number of hydrogen-bond donors (Lipinski definition) is 0. The second-order valence-electron chi connectivity index (χ2n) is 5.20. The lowest BCUT2D eigenvalue weighted by Crippen LogP contribution is -2.35. The summed E-state index contributed by atoms with van der Waals surface area (Å²) in [6.45, 7) is 1.92. The Morgan fingerprint density at radius 1 is 1.06 bits per heavy atom. The molecule has 0 unspecified atom stereocenters. The SMILES string of the molecule is Brc1ccc2c(c1)CC1(CCOCC1)CC2. The van der Waals surface area contributed by atoms with Crippen LogP contribution in [0.2, 0.25) is 0 Å². The molecule has 1 aliphatic carbocycles. The number of benzene rings is 1. The normalized spacial score (nSPS) is 23.1. The van der Waals surface area contributed by atoms with Gasteiger partial charge in [-0.25, -0.2) is 0 Å². The molecule has 1 spiro atoms. The van der Waals surface area contributed by atoms with E-state index in [1.807, 2.05) is 0 Å². The monoisotopic (exact) mass is 280 g/mol. The first-order valence-electron chi connectivity index (χ1n) is 6.13. The zero-order valence-corrected chi connectivity index (χ0v) is 11.1. The first-order valence-corrected chi connectivity index (χ1v) is 6.92. The van der Waals surface area contributed by atoms with E-state index >= 15 is 0 Å². The van der Waals surface area contributed by atoms with E-state index < -0.39 is 0 Å². The van der Waals surface area contributed by atoms with Crippen molar-refractivity contribution in [2.45, 2.75) is 32.1 Å². The Bertz CT molecular complexity index is 394. The van der Waals surface area contributed by atoms with Crippen molar-refractivity contribution in [3.8, 4) is 0 Å². The zero-order chi connectivity index (χ0) is 11.0. The highest BCUT2D eigenvalue weighted by Gasteiger charge is 2.35. The van der Waals surface area contributed by atoms with E-state index in [-0.39, 0.29) is 0 Å². The molecule has 0 N–H and O–H groups in total. The minimum Gasteiger partial charge on any atom is -0.381 e. The molecule has 3 rings (SSSR count). The van der Waals surface area contributed by atoms with Crippen molar-refractivity contribution in [1.29, 1.82) is 0 Å². The fourth-order valence-corrected chi connectivity index (χ4v) is 3.53. The Balaban J connectivity index is 1.89. The molecule has 0 radical (unpaired) electrons. The third kappa shape index (κ3) is 1.93. The molecule has 1 heterocycles. The minimum atomic E-state index is 0.548. The molecule has 1 aliphatic heterocycles. The summed E-state index contributed by atoms with van der Waals surface area (Å²) in [6, 6.07) is 6.76. The van der Waals surface area contributed by atoms with Gasteiger partial charge >= 0.3 is 0 Å². The maximum absolute atomic E-state index is 5.50. The molecular weight excluding hydrogens is 264 g/mol. The number of halogens is 1. The molecule has 86 valence electrons. The van der Waals surface area contributed by atoms with Crippen molar-refractivity contribution in [2.24, 2.45) is 5.41 Å². The summed E-state index contributed by atoms with van der Waals surface area (Å²) in [6.07, 6.45) is 6.36. The predicted molar refractivity (Wildman–Crippen MR) is 68.7 cm³/mol. The smallest absolute Gasteiger partial charge is 0.0471 e. The summed E-state index contributed by atoms with van der Waals surface area (Å²) in [5.74, 6) is 0. The minimum absolute atomic E-state index is 0.548. The fraction of sp³-hybridized carbons (Fsp3) is 0.571. The van der Waals surface area contributed by atoms with Gasteiger partial charge in [0.05, 0.1) is 0 Å². The number of aryl methyl sites for hydroxylation is 1. The first-order chi connectivity index (χ1) is 7.77. The van der Waals surface area contributed by atoms with Crippen LogP contribution in [0.1, 0.15) is 30.4 Å². The van der Waals surface area contributed by atoms with Gasteiger partial charge in [0.1, 0.15) is 0 Å². The van der Waals surface area contributed by atoms with Gasteiger partial charge in [0, 0.05) is 17.7 Å². The Morgan fingerprint density at radius 3 is 2.69 bits per heavy atom. The van der Waals surface area contributed by atoms with E-state index in [0.29, 0.717) is 5.41 Å². The van der Waals surface area contributed by atoms with Crippen molar-refractivity contribution in [3.63, 3.8) is 0 Å². The third-order valence-electron chi connectivity index (χ3n) is 4.21. The van der Waals surface area contributed by atoms with Crippen molar-refractivity contribution in [3.05, 3.63) is 33.8 Å². The molecular formula is C14H17BrO. The fourth-order valence-electron chi connectivity index (χ4n) is 3.13. The van der Waals surface area contributed by atoms with Crippen LogP contribution in [0.25, 0.3) is 0 Å². The lowest BCUT2D eigenvalue weighted by Gasteiger charge is -2.41. The van der Waals surface area contributed by atoms with E-state index in [2.05, 4.69) is 34.1 Å². The summed E-state index contributed by atoms with van der Waals surface area (Å²) in [5, 5.41) is 0. The van der Waals surface area contributed by atoms with Gasteiger partial charge in [0.15, 0.2) is 0 Å². The van der Waals surface area contributed by atoms with Crippen molar-refractivity contribution >= 4 is 15.9 Å². The highest BCUT2D eigenvalue weighted by molar-refractivity contribution is 9.10. The number of fused-ring (bicyclic) bond motifs is 1. The maximum Gasteiger partial charge on any atom is 0.0471 e. The third-order valence-corrected chi connectivity index (χ3v) is 4.71. The van der Waals surface area contributed by atoms with Crippen LogP contribution in [-0.4, -0.2) is 13.2 Å². The lowest BCUT2D eigenvalue weighted by atomic mass is 9.67. The van der Waals surface area contributed by atoms with Crippen molar-refractivity contribution in [2.75, 3.05) is 13.2 Å². The van der Waals surface area contributed by atoms with Gasteiger partial charge in [-0.3, -0.25) is 0 Å². The van der Waals surface area contributed by atoms with Crippen molar-refractivity contribution < 1.29 is 4.74 Å². The van der Waals surface area contributed by atoms with E-state index in [4.69, 9.17) is 4.74 Å². The standard InChI is InChI=1S/C14H17BrO/c15-13-2-1-11-3-4-14(10-12(11)9-13)5-7-16-8-6-14/h1-2,9H,3-8,10H2. The van der Waals surface area contributed by atoms with Gasteiger partial charge in [-0.15, -0.1) is 0 Å². The Kier molecular flexibility index (Phi) is 2.80. The van der Waals surface area contributed by atoms with Crippen LogP contribution in [0.4, 0.5) is 0 Å². The Labute approximate surface area is 105 Å². The molecule has 2 aliphatic rings. The van der Waals surface area contributed by atoms with Crippen LogP contribution in [0, 0.1) is 5.41 Å². The van der Waals surface area contributed by atoms with E-state index in [1.54, 1.807) is 11.1 Å². The van der Waals surface area contributed by atoms with Crippen LogP contribution in [0.15, 0.2) is 22.7 Å². The molecule has 16 heavy (non-hydrogen) atoms. The largest absolute Gasteiger partial charge is 0.381 e.